The largest absolute Gasteiger partial charge is 0.368 e. The van der Waals surface area contributed by atoms with E-state index in [9.17, 15) is 9.59 Å². The predicted octanol–water partition coefficient (Wildman–Crippen LogP) is 1.36. The first-order valence-electron chi connectivity index (χ1n) is 6.82. The van der Waals surface area contributed by atoms with E-state index in [1.165, 1.54) is 0 Å². The van der Waals surface area contributed by atoms with E-state index in [2.05, 4.69) is 5.32 Å². The number of nitrogens with one attached hydrogen (secondary N) is 1. The number of hydrogen-bond donors (Lipinski definition) is 2. The summed E-state index contributed by atoms with van der Waals surface area (Å²) in [6.45, 7) is 4.16. The van der Waals surface area contributed by atoms with Crippen LogP contribution >= 0.6 is 11.6 Å². The summed E-state index contributed by atoms with van der Waals surface area (Å²) in [5, 5.41) is 3.39. The fourth-order valence-corrected chi connectivity index (χ4v) is 2.45. The van der Waals surface area contributed by atoms with Crippen molar-refractivity contribution in [2.24, 2.45) is 5.73 Å². The fourth-order valence-electron chi connectivity index (χ4n) is 2.26. The van der Waals surface area contributed by atoms with Crippen molar-refractivity contribution in [1.82, 2.24) is 9.80 Å². The highest BCUT2D eigenvalue weighted by molar-refractivity contribution is 6.30. The maximum Gasteiger partial charge on any atom is 0.321 e. The number of hydrogen-bond acceptors (Lipinski definition) is 3. The zero-order valence-corrected chi connectivity index (χ0v) is 12.6. The zero-order valence-electron chi connectivity index (χ0n) is 11.9. The van der Waals surface area contributed by atoms with Gasteiger partial charge in [-0.05, 0) is 25.1 Å². The van der Waals surface area contributed by atoms with Crippen molar-refractivity contribution in [3.05, 3.63) is 29.3 Å². The Hall–Kier alpha value is -1.79. The molecule has 6 nitrogen and oxygen atoms in total. The number of primary amides is 1. The van der Waals surface area contributed by atoms with Crippen LogP contribution in [0, 0.1) is 0 Å². The lowest BCUT2D eigenvalue weighted by Gasteiger charge is -2.36. The predicted molar refractivity (Wildman–Crippen MR) is 82.3 cm³/mol. The smallest absolute Gasteiger partial charge is 0.321 e. The summed E-state index contributed by atoms with van der Waals surface area (Å²) in [6, 6.07) is 6.55. The summed E-state index contributed by atoms with van der Waals surface area (Å²) in [7, 11) is 0. The van der Waals surface area contributed by atoms with Gasteiger partial charge in [0, 0.05) is 36.9 Å². The molecule has 0 unspecified atom stereocenters. The van der Waals surface area contributed by atoms with Crippen LogP contribution < -0.4 is 11.1 Å². The lowest BCUT2D eigenvalue weighted by molar-refractivity contribution is -0.123. The second-order valence-electron chi connectivity index (χ2n) is 5.04. The van der Waals surface area contributed by atoms with Gasteiger partial charge in [-0.2, -0.15) is 0 Å². The summed E-state index contributed by atoms with van der Waals surface area (Å²) in [5.41, 5.74) is 5.96. The standard InChI is InChI=1S/C14H19ClN4O2/c1-10(13(16)20)18-5-7-19(8-6-18)14(21)17-12-4-2-3-11(15)9-12/h2-4,9-10H,5-8H2,1H3,(H2,16,20)(H,17,21)/t10-/m1/s1. The highest BCUT2D eigenvalue weighted by atomic mass is 35.5. The van der Waals surface area contributed by atoms with Crippen LogP contribution in [0.15, 0.2) is 24.3 Å². The van der Waals surface area contributed by atoms with Crippen molar-refractivity contribution < 1.29 is 9.59 Å². The Morgan fingerprint density at radius 1 is 1.29 bits per heavy atom. The van der Waals surface area contributed by atoms with Gasteiger partial charge in [-0.25, -0.2) is 4.79 Å². The van der Waals surface area contributed by atoms with Crippen LogP contribution in [-0.4, -0.2) is 54.0 Å². The second-order valence-corrected chi connectivity index (χ2v) is 5.48. The van der Waals surface area contributed by atoms with E-state index in [0.717, 1.165) is 0 Å². The number of benzene rings is 1. The molecule has 1 aliphatic heterocycles. The Kier molecular flexibility index (Phi) is 5.03. The molecular formula is C14H19ClN4O2. The number of piperazine rings is 1. The van der Waals surface area contributed by atoms with Gasteiger partial charge in [-0.15, -0.1) is 0 Å². The maximum absolute atomic E-state index is 12.2. The molecule has 1 saturated heterocycles. The minimum Gasteiger partial charge on any atom is -0.368 e. The van der Waals surface area contributed by atoms with E-state index >= 15 is 0 Å². The van der Waals surface area contributed by atoms with Crippen molar-refractivity contribution in [1.29, 1.82) is 0 Å². The summed E-state index contributed by atoms with van der Waals surface area (Å²) < 4.78 is 0. The molecule has 3 amide bonds. The van der Waals surface area contributed by atoms with Crippen LogP contribution in [0.3, 0.4) is 0 Å². The Bertz CT molecular complexity index is 529. The van der Waals surface area contributed by atoms with Gasteiger partial charge in [0.05, 0.1) is 6.04 Å². The number of amides is 3. The molecule has 0 bridgehead atoms. The molecule has 1 heterocycles. The Morgan fingerprint density at radius 2 is 1.95 bits per heavy atom. The molecule has 0 aliphatic carbocycles. The molecule has 1 fully saturated rings. The fraction of sp³-hybridized carbons (Fsp3) is 0.429. The minimum absolute atomic E-state index is 0.163. The molecule has 21 heavy (non-hydrogen) atoms. The van der Waals surface area contributed by atoms with Crippen molar-refractivity contribution in [2.45, 2.75) is 13.0 Å². The van der Waals surface area contributed by atoms with Gasteiger partial charge >= 0.3 is 6.03 Å². The molecule has 1 aliphatic rings. The summed E-state index contributed by atoms with van der Waals surface area (Å²) in [4.78, 5) is 27.0. The molecule has 1 aromatic carbocycles. The normalized spacial score (nSPS) is 17.3. The first kappa shape index (κ1) is 15.6. The van der Waals surface area contributed by atoms with Gasteiger partial charge in [0.1, 0.15) is 0 Å². The van der Waals surface area contributed by atoms with E-state index in [1.54, 1.807) is 36.1 Å². The molecule has 1 aromatic rings. The van der Waals surface area contributed by atoms with E-state index < -0.39 is 0 Å². The number of carbonyl (C=O) groups is 2. The number of anilines is 1. The molecule has 0 aromatic heterocycles. The molecule has 0 spiro atoms. The van der Waals surface area contributed by atoms with Gasteiger partial charge < -0.3 is 16.0 Å². The maximum atomic E-state index is 12.2. The van der Waals surface area contributed by atoms with E-state index in [0.29, 0.717) is 36.9 Å². The zero-order chi connectivity index (χ0) is 15.4. The monoisotopic (exact) mass is 310 g/mol. The first-order chi connectivity index (χ1) is 9.97. The number of nitrogens with zero attached hydrogens (tertiary/aromatic N) is 2. The number of rotatable bonds is 3. The van der Waals surface area contributed by atoms with Gasteiger partial charge in [0.2, 0.25) is 5.91 Å². The van der Waals surface area contributed by atoms with Crippen molar-refractivity contribution in [3.8, 4) is 0 Å². The average molecular weight is 311 g/mol. The highest BCUT2D eigenvalue weighted by Gasteiger charge is 2.26. The summed E-state index contributed by atoms with van der Waals surface area (Å²) in [5.74, 6) is -0.341. The second kappa shape index (κ2) is 6.78. The third-order valence-electron chi connectivity index (χ3n) is 3.64. The molecule has 2 rings (SSSR count). The lowest BCUT2D eigenvalue weighted by atomic mass is 10.2. The number of urea groups is 1. The minimum atomic E-state index is -0.341. The number of carbonyl (C=O) groups excluding carboxylic acids is 2. The summed E-state index contributed by atoms with van der Waals surface area (Å²) in [6.07, 6.45) is 0. The topological polar surface area (TPSA) is 78.7 Å². The van der Waals surface area contributed by atoms with Crippen LogP contribution in [0.4, 0.5) is 10.5 Å². The molecular weight excluding hydrogens is 292 g/mol. The van der Waals surface area contributed by atoms with Crippen LogP contribution in [0.2, 0.25) is 5.02 Å². The van der Waals surface area contributed by atoms with Gasteiger partial charge in [-0.1, -0.05) is 17.7 Å². The van der Waals surface area contributed by atoms with Crippen molar-refractivity contribution in [3.63, 3.8) is 0 Å². The highest BCUT2D eigenvalue weighted by Crippen LogP contribution is 2.16. The third-order valence-corrected chi connectivity index (χ3v) is 3.87. The van der Waals surface area contributed by atoms with E-state index in [4.69, 9.17) is 17.3 Å². The Morgan fingerprint density at radius 3 is 2.52 bits per heavy atom. The molecule has 114 valence electrons. The first-order valence-corrected chi connectivity index (χ1v) is 7.20. The van der Waals surface area contributed by atoms with Gasteiger partial charge in [0.15, 0.2) is 0 Å². The SMILES string of the molecule is C[C@H](C(N)=O)N1CCN(C(=O)Nc2cccc(Cl)c2)CC1. The number of nitrogens with two attached hydrogens (primary N) is 1. The molecule has 0 saturated carbocycles. The average Bonchev–Trinajstić information content (AvgIpc) is 2.46. The summed E-state index contributed by atoms with van der Waals surface area (Å²) >= 11 is 5.88. The van der Waals surface area contributed by atoms with Crippen LogP contribution in [0.1, 0.15) is 6.92 Å². The quantitative estimate of drug-likeness (QED) is 0.885. The molecule has 3 N–H and O–H groups in total. The third kappa shape index (κ3) is 4.09. The molecule has 0 radical (unpaired) electrons. The molecule has 1 atom stereocenters. The Balaban J connectivity index is 1.87. The van der Waals surface area contributed by atoms with Crippen LogP contribution in [0.5, 0.6) is 0 Å². The number of halogens is 1. The van der Waals surface area contributed by atoms with Crippen molar-refractivity contribution >= 4 is 29.2 Å². The van der Waals surface area contributed by atoms with Crippen LogP contribution in [-0.2, 0) is 4.79 Å². The van der Waals surface area contributed by atoms with Gasteiger partial charge in [-0.3, -0.25) is 9.69 Å². The lowest BCUT2D eigenvalue weighted by Crippen LogP contribution is -2.55. The molecule has 7 heteroatoms. The van der Waals surface area contributed by atoms with E-state index in [-0.39, 0.29) is 18.0 Å². The van der Waals surface area contributed by atoms with Crippen LogP contribution in [0.25, 0.3) is 0 Å². The van der Waals surface area contributed by atoms with E-state index in [1.807, 2.05) is 4.90 Å². The van der Waals surface area contributed by atoms with Crippen molar-refractivity contribution in [2.75, 3.05) is 31.5 Å². The Labute approximate surface area is 128 Å². The van der Waals surface area contributed by atoms with Gasteiger partial charge in [0.25, 0.3) is 0 Å².